The first-order valence-electron chi connectivity index (χ1n) is 6.22. The van der Waals surface area contributed by atoms with Gasteiger partial charge < -0.3 is 9.72 Å². The van der Waals surface area contributed by atoms with E-state index in [9.17, 15) is 9.18 Å². The molecule has 0 aliphatic rings. The monoisotopic (exact) mass is 269 g/mol. The molecule has 3 aromatic rings. The first-order chi connectivity index (χ1) is 9.75. The zero-order chi connectivity index (χ0) is 13.9. The van der Waals surface area contributed by atoms with Crippen LogP contribution in [-0.4, -0.2) is 4.98 Å². The second-order valence-electron chi connectivity index (χ2n) is 4.42. The van der Waals surface area contributed by atoms with Gasteiger partial charge in [0, 0.05) is 11.6 Å². The highest BCUT2D eigenvalue weighted by Gasteiger charge is 2.10. The number of H-pyrrole nitrogens is 1. The second kappa shape index (κ2) is 5.17. The van der Waals surface area contributed by atoms with Crippen molar-refractivity contribution in [3.63, 3.8) is 0 Å². The molecule has 3 nitrogen and oxygen atoms in total. The van der Waals surface area contributed by atoms with Crippen molar-refractivity contribution in [2.24, 2.45) is 0 Å². The van der Waals surface area contributed by atoms with E-state index in [2.05, 4.69) is 4.98 Å². The normalized spacial score (nSPS) is 10.7. The summed E-state index contributed by atoms with van der Waals surface area (Å²) in [5.74, 6) is -0.0507. The number of aromatic nitrogens is 1. The largest absolute Gasteiger partial charge is 0.488 e. The van der Waals surface area contributed by atoms with E-state index in [0.717, 1.165) is 5.56 Å². The predicted octanol–water partition coefficient (Wildman–Crippen LogP) is 3.25. The molecule has 20 heavy (non-hydrogen) atoms. The molecular weight excluding hydrogens is 257 g/mol. The zero-order valence-corrected chi connectivity index (χ0v) is 10.6. The number of halogens is 1. The first kappa shape index (κ1) is 12.4. The minimum absolute atomic E-state index is 0.239. The Bertz CT molecular complexity index is 796. The van der Waals surface area contributed by atoms with Crippen LogP contribution in [-0.2, 0) is 6.61 Å². The topological polar surface area (TPSA) is 42.1 Å². The van der Waals surface area contributed by atoms with E-state index < -0.39 is 5.82 Å². The molecule has 0 saturated heterocycles. The fourth-order valence-electron chi connectivity index (χ4n) is 2.10. The van der Waals surface area contributed by atoms with E-state index in [4.69, 9.17) is 4.74 Å². The quantitative estimate of drug-likeness (QED) is 0.793. The summed E-state index contributed by atoms with van der Waals surface area (Å²) >= 11 is 0. The number of hydrogen-bond acceptors (Lipinski definition) is 2. The van der Waals surface area contributed by atoms with Crippen molar-refractivity contribution in [2.45, 2.75) is 6.61 Å². The summed E-state index contributed by atoms with van der Waals surface area (Å²) in [6, 6.07) is 13.9. The van der Waals surface area contributed by atoms with Gasteiger partial charge >= 0.3 is 0 Å². The van der Waals surface area contributed by atoms with Gasteiger partial charge in [-0.05, 0) is 23.8 Å². The maximum absolute atomic E-state index is 13.7. The SMILES string of the molecule is O=c1[nH]ccc2c(F)ccc(OCc3ccccc3)c12. The molecule has 1 aromatic heterocycles. The van der Waals surface area contributed by atoms with Gasteiger partial charge in [-0.25, -0.2) is 4.39 Å². The maximum Gasteiger partial charge on any atom is 0.259 e. The molecule has 0 fully saturated rings. The Morgan fingerprint density at radius 2 is 1.85 bits per heavy atom. The molecule has 0 radical (unpaired) electrons. The van der Waals surface area contributed by atoms with E-state index >= 15 is 0 Å². The molecule has 1 N–H and O–H groups in total. The van der Waals surface area contributed by atoms with Gasteiger partial charge in [0.15, 0.2) is 0 Å². The van der Waals surface area contributed by atoms with Crippen LogP contribution in [0.3, 0.4) is 0 Å². The lowest BCUT2D eigenvalue weighted by Crippen LogP contribution is -2.08. The standard InChI is InChI=1S/C16H12FNO2/c17-13-6-7-14(15-12(13)8-9-18-16(15)19)20-10-11-4-2-1-3-5-11/h1-9H,10H2,(H,18,19). The molecule has 4 heteroatoms. The highest BCUT2D eigenvalue weighted by Crippen LogP contribution is 2.25. The highest BCUT2D eigenvalue weighted by atomic mass is 19.1. The molecule has 0 bridgehead atoms. The smallest absolute Gasteiger partial charge is 0.259 e. The Labute approximate surface area is 114 Å². The van der Waals surface area contributed by atoms with Crippen LogP contribution >= 0.6 is 0 Å². The van der Waals surface area contributed by atoms with E-state index in [0.29, 0.717) is 12.4 Å². The number of fused-ring (bicyclic) bond motifs is 1. The molecule has 0 aliphatic carbocycles. The summed E-state index contributed by atoms with van der Waals surface area (Å²) in [4.78, 5) is 14.4. The van der Waals surface area contributed by atoms with Crippen LogP contribution in [0.25, 0.3) is 10.8 Å². The minimum Gasteiger partial charge on any atom is -0.488 e. The van der Waals surface area contributed by atoms with Crippen LogP contribution in [0.15, 0.2) is 59.5 Å². The number of ether oxygens (including phenoxy) is 1. The molecule has 3 rings (SSSR count). The van der Waals surface area contributed by atoms with Crippen LogP contribution in [0.5, 0.6) is 5.75 Å². The molecule has 2 aromatic carbocycles. The molecule has 0 atom stereocenters. The number of benzene rings is 2. The number of pyridine rings is 1. The fraction of sp³-hybridized carbons (Fsp3) is 0.0625. The summed E-state index contributed by atoms with van der Waals surface area (Å²) in [5.41, 5.74) is 0.627. The van der Waals surface area contributed by atoms with Gasteiger partial charge in [0.2, 0.25) is 0 Å². The maximum atomic E-state index is 13.7. The summed E-state index contributed by atoms with van der Waals surface area (Å²) in [7, 11) is 0. The third-order valence-electron chi connectivity index (χ3n) is 3.08. The predicted molar refractivity (Wildman–Crippen MR) is 75.3 cm³/mol. The number of aromatic amines is 1. The Morgan fingerprint density at radius 1 is 1.05 bits per heavy atom. The van der Waals surface area contributed by atoms with Gasteiger partial charge in [-0.15, -0.1) is 0 Å². The highest BCUT2D eigenvalue weighted by molar-refractivity contribution is 5.87. The number of rotatable bonds is 3. The van der Waals surface area contributed by atoms with E-state index in [1.54, 1.807) is 0 Å². The number of nitrogens with one attached hydrogen (secondary N) is 1. The van der Waals surface area contributed by atoms with Crippen molar-refractivity contribution >= 4 is 10.8 Å². The summed E-state index contributed by atoms with van der Waals surface area (Å²) < 4.78 is 19.4. The van der Waals surface area contributed by atoms with Crippen molar-refractivity contribution in [2.75, 3.05) is 0 Å². The van der Waals surface area contributed by atoms with Crippen molar-refractivity contribution in [3.8, 4) is 5.75 Å². The molecule has 1 heterocycles. The van der Waals surface area contributed by atoms with Gasteiger partial charge in [-0.1, -0.05) is 30.3 Å². The van der Waals surface area contributed by atoms with Gasteiger partial charge in [-0.2, -0.15) is 0 Å². The molecule has 100 valence electrons. The summed E-state index contributed by atoms with van der Waals surface area (Å²) in [6.45, 7) is 0.329. The lowest BCUT2D eigenvalue weighted by Gasteiger charge is -2.09. The van der Waals surface area contributed by atoms with Crippen LogP contribution < -0.4 is 10.3 Å². The molecule has 0 unspecified atom stereocenters. The lowest BCUT2D eigenvalue weighted by molar-refractivity contribution is 0.309. The average molecular weight is 269 g/mol. The van der Waals surface area contributed by atoms with Crippen molar-refractivity contribution < 1.29 is 9.13 Å². The van der Waals surface area contributed by atoms with Crippen LogP contribution in [0.1, 0.15) is 5.56 Å². The second-order valence-corrected chi connectivity index (χ2v) is 4.42. The lowest BCUT2D eigenvalue weighted by atomic mass is 10.1. The Hall–Kier alpha value is -2.62. The summed E-state index contributed by atoms with van der Waals surface area (Å²) in [6.07, 6.45) is 1.43. The van der Waals surface area contributed by atoms with Gasteiger partial charge in [0.1, 0.15) is 18.2 Å². The molecule has 0 amide bonds. The Kier molecular flexibility index (Phi) is 3.21. The zero-order valence-electron chi connectivity index (χ0n) is 10.6. The molecule has 0 saturated carbocycles. The van der Waals surface area contributed by atoms with E-state index in [1.165, 1.54) is 24.4 Å². The summed E-state index contributed by atoms with van der Waals surface area (Å²) in [5, 5.41) is 0.503. The van der Waals surface area contributed by atoms with Crippen molar-refractivity contribution in [1.82, 2.24) is 4.98 Å². The Morgan fingerprint density at radius 3 is 2.65 bits per heavy atom. The van der Waals surface area contributed by atoms with Gasteiger partial charge in [0.25, 0.3) is 5.56 Å². The van der Waals surface area contributed by atoms with Crippen molar-refractivity contribution in [1.29, 1.82) is 0 Å². The Balaban J connectivity index is 2.00. The molecule has 0 aliphatic heterocycles. The van der Waals surface area contributed by atoms with Gasteiger partial charge in [0.05, 0.1) is 5.39 Å². The van der Waals surface area contributed by atoms with Crippen molar-refractivity contribution in [3.05, 3.63) is 76.5 Å². The first-order valence-corrected chi connectivity index (χ1v) is 6.22. The van der Waals surface area contributed by atoms with Crippen LogP contribution in [0.2, 0.25) is 0 Å². The van der Waals surface area contributed by atoms with E-state index in [1.807, 2.05) is 30.3 Å². The van der Waals surface area contributed by atoms with Gasteiger partial charge in [-0.3, -0.25) is 4.79 Å². The minimum atomic E-state index is -0.432. The van der Waals surface area contributed by atoms with Crippen LogP contribution in [0, 0.1) is 5.82 Å². The third kappa shape index (κ3) is 2.28. The fourth-order valence-corrected chi connectivity index (χ4v) is 2.10. The molecular formula is C16H12FNO2. The van der Waals surface area contributed by atoms with Crippen LogP contribution in [0.4, 0.5) is 4.39 Å². The third-order valence-corrected chi connectivity index (χ3v) is 3.08. The van der Waals surface area contributed by atoms with E-state index in [-0.39, 0.29) is 16.3 Å². The number of hydrogen-bond donors (Lipinski definition) is 1. The molecule has 0 spiro atoms. The average Bonchev–Trinajstić information content (AvgIpc) is 2.48.